The van der Waals surface area contributed by atoms with Crippen molar-refractivity contribution in [1.82, 2.24) is 0 Å². The van der Waals surface area contributed by atoms with Crippen molar-refractivity contribution in [3.05, 3.63) is 0 Å². The van der Waals surface area contributed by atoms with Crippen LogP contribution in [-0.4, -0.2) is 23.2 Å². The number of rotatable bonds is 6. The van der Waals surface area contributed by atoms with E-state index in [4.69, 9.17) is 10.4 Å². The van der Waals surface area contributed by atoms with Crippen LogP contribution in [-0.2, 0) is 0 Å². The first-order valence-electron chi connectivity index (χ1n) is 3.47. The molecule has 0 heterocycles. The highest BCUT2D eigenvalue weighted by Gasteiger charge is 1.88. The van der Waals surface area contributed by atoms with Crippen molar-refractivity contribution < 1.29 is 5.11 Å². The maximum atomic E-state index is 8.40. The zero-order chi connectivity index (χ0) is 7.66. The van der Waals surface area contributed by atoms with E-state index >= 15 is 0 Å². The van der Waals surface area contributed by atoms with Crippen LogP contribution >= 0.6 is 11.8 Å². The summed E-state index contributed by atoms with van der Waals surface area (Å²) in [5.41, 5.74) is 0. The zero-order valence-electron chi connectivity index (χ0n) is 6.05. The first-order chi connectivity index (χ1) is 4.91. The summed E-state index contributed by atoms with van der Waals surface area (Å²) in [6.07, 6.45) is 2.76. The molecule has 0 aliphatic rings. The quantitative estimate of drug-likeness (QED) is 0.596. The van der Waals surface area contributed by atoms with Gasteiger partial charge in [-0.05, 0) is 18.6 Å². The van der Waals surface area contributed by atoms with E-state index in [0.717, 1.165) is 24.3 Å². The third kappa shape index (κ3) is 7.80. The fourth-order valence-electron chi connectivity index (χ4n) is 0.575. The standard InChI is InChI=1S/C7H13NOS/c8-4-2-1-3-6-10-7-5-9/h9H,1-3,5-7H2. The van der Waals surface area contributed by atoms with Crippen LogP contribution in [0.3, 0.4) is 0 Å². The van der Waals surface area contributed by atoms with Crippen LogP contribution in [0.4, 0.5) is 0 Å². The van der Waals surface area contributed by atoms with Crippen LogP contribution in [0.15, 0.2) is 0 Å². The van der Waals surface area contributed by atoms with E-state index in [0.29, 0.717) is 6.42 Å². The lowest BCUT2D eigenvalue weighted by molar-refractivity contribution is 0.322. The smallest absolute Gasteiger partial charge is 0.0621 e. The predicted molar refractivity (Wildman–Crippen MR) is 43.9 cm³/mol. The van der Waals surface area contributed by atoms with E-state index in [1.165, 1.54) is 0 Å². The molecule has 0 aliphatic heterocycles. The Labute approximate surface area is 66.2 Å². The van der Waals surface area contributed by atoms with E-state index in [9.17, 15) is 0 Å². The number of hydrogen-bond acceptors (Lipinski definition) is 3. The van der Waals surface area contributed by atoms with Gasteiger partial charge in [0.05, 0.1) is 12.7 Å². The van der Waals surface area contributed by atoms with Gasteiger partial charge in [-0.2, -0.15) is 17.0 Å². The summed E-state index contributed by atoms with van der Waals surface area (Å²) in [7, 11) is 0. The summed E-state index contributed by atoms with van der Waals surface area (Å²) in [6.45, 7) is 0.267. The largest absolute Gasteiger partial charge is 0.396 e. The minimum atomic E-state index is 0.267. The second kappa shape index (κ2) is 8.80. The molecule has 10 heavy (non-hydrogen) atoms. The highest BCUT2D eigenvalue weighted by Crippen LogP contribution is 2.04. The van der Waals surface area contributed by atoms with Gasteiger partial charge in [0.2, 0.25) is 0 Å². The minimum Gasteiger partial charge on any atom is -0.396 e. The third-order valence-corrected chi connectivity index (χ3v) is 2.11. The van der Waals surface area contributed by atoms with Gasteiger partial charge in [0.1, 0.15) is 0 Å². The number of nitrogens with zero attached hydrogens (tertiary/aromatic N) is 1. The van der Waals surface area contributed by atoms with Crippen molar-refractivity contribution in [1.29, 1.82) is 5.26 Å². The topological polar surface area (TPSA) is 44.0 Å². The average molecular weight is 159 g/mol. The molecule has 0 saturated heterocycles. The summed E-state index contributed by atoms with van der Waals surface area (Å²) in [4.78, 5) is 0. The molecule has 0 spiro atoms. The summed E-state index contributed by atoms with van der Waals surface area (Å²) in [6, 6.07) is 2.10. The maximum absolute atomic E-state index is 8.40. The number of thioether (sulfide) groups is 1. The predicted octanol–water partition coefficient (Wildman–Crippen LogP) is 1.41. The van der Waals surface area contributed by atoms with Crippen LogP contribution in [0.25, 0.3) is 0 Å². The lowest BCUT2D eigenvalue weighted by atomic mass is 10.3. The molecule has 58 valence electrons. The molecule has 3 heteroatoms. The second-order valence-electron chi connectivity index (χ2n) is 1.95. The van der Waals surface area contributed by atoms with E-state index in [-0.39, 0.29) is 6.61 Å². The van der Waals surface area contributed by atoms with Crippen LogP contribution in [0.1, 0.15) is 19.3 Å². The van der Waals surface area contributed by atoms with Crippen molar-refractivity contribution in [3.8, 4) is 6.07 Å². The van der Waals surface area contributed by atoms with Crippen molar-refractivity contribution in [2.75, 3.05) is 18.1 Å². The number of aliphatic hydroxyl groups is 1. The van der Waals surface area contributed by atoms with Crippen molar-refractivity contribution in [2.24, 2.45) is 0 Å². The molecule has 0 bridgehead atoms. The molecule has 2 nitrogen and oxygen atoms in total. The molecule has 0 aromatic heterocycles. The highest BCUT2D eigenvalue weighted by molar-refractivity contribution is 7.99. The molecule has 0 saturated carbocycles. The number of unbranched alkanes of at least 4 members (excludes halogenated alkanes) is 2. The first kappa shape index (κ1) is 9.80. The Morgan fingerprint density at radius 3 is 2.70 bits per heavy atom. The molecular formula is C7H13NOS. The molecule has 0 aromatic carbocycles. The lowest BCUT2D eigenvalue weighted by Gasteiger charge is -1.95. The van der Waals surface area contributed by atoms with Gasteiger partial charge in [-0.15, -0.1) is 0 Å². The molecule has 0 fully saturated rings. The van der Waals surface area contributed by atoms with Crippen molar-refractivity contribution in [3.63, 3.8) is 0 Å². The van der Waals surface area contributed by atoms with Gasteiger partial charge in [-0.1, -0.05) is 0 Å². The lowest BCUT2D eigenvalue weighted by Crippen LogP contribution is -1.88. The summed E-state index contributed by atoms with van der Waals surface area (Å²) < 4.78 is 0. The van der Waals surface area contributed by atoms with E-state index in [1.807, 2.05) is 0 Å². The Hall–Kier alpha value is -0.200. The fourth-order valence-corrected chi connectivity index (χ4v) is 1.32. The van der Waals surface area contributed by atoms with E-state index < -0.39 is 0 Å². The van der Waals surface area contributed by atoms with Gasteiger partial charge >= 0.3 is 0 Å². The zero-order valence-corrected chi connectivity index (χ0v) is 6.86. The van der Waals surface area contributed by atoms with Crippen LogP contribution in [0, 0.1) is 11.3 Å². The van der Waals surface area contributed by atoms with Crippen LogP contribution < -0.4 is 0 Å². The maximum Gasteiger partial charge on any atom is 0.0621 e. The number of aliphatic hydroxyl groups excluding tert-OH is 1. The Bertz CT molecular complexity index is 100. The molecule has 0 rings (SSSR count). The average Bonchev–Trinajstić information content (AvgIpc) is 1.97. The second-order valence-corrected chi connectivity index (χ2v) is 3.18. The molecule has 0 atom stereocenters. The highest BCUT2D eigenvalue weighted by atomic mass is 32.2. The summed E-state index contributed by atoms with van der Waals surface area (Å²) in [5, 5.41) is 16.6. The van der Waals surface area contributed by atoms with Crippen LogP contribution in [0.5, 0.6) is 0 Å². The molecular weight excluding hydrogens is 146 g/mol. The van der Waals surface area contributed by atoms with Gasteiger partial charge in [0, 0.05) is 12.2 Å². The first-order valence-corrected chi connectivity index (χ1v) is 4.63. The summed E-state index contributed by atoms with van der Waals surface area (Å²) in [5.74, 6) is 1.90. The monoisotopic (exact) mass is 159 g/mol. The minimum absolute atomic E-state index is 0.267. The molecule has 0 unspecified atom stereocenters. The molecule has 0 radical (unpaired) electrons. The Balaban J connectivity index is 2.72. The molecule has 0 aromatic rings. The van der Waals surface area contributed by atoms with Crippen molar-refractivity contribution in [2.45, 2.75) is 19.3 Å². The molecule has 1 N–H and O–H groups in total. The summed E-state index contributed by atoms with van der Waals surface area (Å²) >= 11 is 1.74. The number of hydrogen-bond donors (Lipinski definition) is 1. The SMILES string of the molecule is N#CCCCCSCCO. The Kier molecular flexibility index (Phi) is 8.62. The van der Waals surface area contributed by atoms with Gasteiger partial charge in [0.25, 0.3) is 0 Å². The van der Waals surface area contributed by atoms with Gasteiger partial charge in [-0.25, -0.2) is 0 Å². The van der Waals surface area contributed by atoms with Crippen molar-refractivity contribution >= 4 is 11.8 Å². The van der Waals surface area contributed by atoms with E-state index in [2.05, 4.69) is 6.07 Å². The van der Waals surface area contributed by atoms with Crippen LogP contribution in [0.2, 0.25) is 0 Å². The van der Waals surface area contributed by atoms with Gasteiger partial charge in [0.15, 0.2) is 0 Å². The normalized spacial score (nSPS) is 9.20. The van der Waals surface area contributed by atoms with Gasteiger partial charge < -0.3 is 5.11 Å². The van der Waals surface area contributed by atoms with Gasteiger partial charge in [-0.3, -0.25) is 0 Å². The molecule has 0 amide bonds. The Morgan fingerprint density at radius 1 is 1.30 bits per heavy atom. The fraction of sp³-hybridized carbons (Fsp3) is 0.857. The molecule has 0 aliphatic carbocycles. The number of nitriles is 1. The Morgan fingerprint density at radius 2 is 2.10 bits per heavy atom. The van der Waals surface area contributed by atoms with E-state index in [1.54, 1.807) is 11.8 Å². The third-order valence-electron chi connectivity index (χ3n) is 1.06.